The second kappa shape index (κ2) is 6.39. The standard InChI is InChI=1S/C13H17BrClN3S/c1-4-16-11(13-9(14)5-6-19-13)12-10(15)7-17-18(12)8(2)3/h5-8,11,16H,4H2,1-3H3. The summed E-state index contributed by atoms with van der Waals surface area (Å²) in [5, 5.41) is 10.7. The number of aromatic nitrogens is 2. The number of halogens is 2. The van der Waals surface area contributed by atoms with E-state index in [-0.39, 0.29) is 12.1 Å². The first-order valence-corrected chi connectivity index (χ1v) is 8.30. The second-order valence-corrected chi connectivity index (χ2v) is 6.75. The van der Waals surface area contributed by atoms with Crippen molar-refractivity contribution in [1.29, 1.82) is 0 Å². The summed E-state index contributed by atoms with van der Waals surface area (Å²) in [5.41, 5.74) is 1.03. The second-order valence-electron chi connectivity index (χ2n) is 4.54. The molecule has 6 heteroatoms. The van der Waals surface area contributed by atoms with Crippen LogP contribution in [0.25, 0.3) is 0 Å². The predicted molar refractivity (Wildman–Crippen MR) is 85.2 cm³/mol. The van der Waals surface area contributed by atoms with Crippen molar-refractivity contribution in [2.45, 2.75) is 32.9 Å². The van der Waals surface area contributed by atoms with E-state index < -0.39 is 0 Å². The Hall–Kier alpha value is -0.360. The average molecular weight is 363 g/mol. The van der Waals surface area contributed by atoms with Gasteiger partial charge in [0.2, 0.25) is 0 Å². The molecule has 0 amide bonds. The highest BCUT2D eigenvalue weighted by Crippen LogP contribution is 2.36. The number of nitrogens with one attached hydrogen (secondary N) is 1. The van der Waals surface area contributed by atoms with E-state index >= 15 is 0 Å². The quantitative estimate of drug-likeness (QED) is 0.839. The van der Waals surface area contributed by atoms with Crippen molar-refractivity contribution >= 4 is 38.9 Å². The molecule has 3 nitrogen and oxygen atoms in total. The average Bonchev–Trinajstić information content (AvgIpc) is 2.93. The molecule has 0 saturated heterocycles. The van der Waals surface area contributed by atoms with E-state index in [2.05, 4.69) is 58.6 Å². The third-order valence-electron chi connectivity index (χ3n) is 2.86. The number of thiophene rings is 1. The van der Waals surface area contributed by atoms with E-state index in [1.807, 2.05) is 4.68 Å². The molecular formula is C13H17BrClN3S. The van der Waals surface area contributed by atoms with Crippen LogP contribution >= 0.6 is 38.9 Å². The van der Waals surface area contributed by atoms with Gasteiger partial charge in [0.15, 0.2) is 0 Å². The monoisotopic (exact) mass is 361 g/mol. The Morgan fingerprint density at radius 1 is 1.53 bits per heavy atom. The molecule has 0 aromatic carbocycles. The van der Waals surface area contributed by atoms with Crippen LogP contribution in [0, 0.1) is 0 Å². The Kier molecular flexibility index (Phi) is 5.06. The highest BCUT2D eigenvalue weighted by Gasteiger charge is 2.25. The lowest BCUT2D eigenvalue weighted by Crippen LogP contribution is -2.25. The number of nitrogens with zero attached hydrogens (tertiary/aromatic N) is 2. The third-order valence-corrected chi connectivity index (χ3v) is 5.09. The summed E-state index contributed by atoms with van der Waals surface area (Å²) in [5.74, 6) is 0. The zero-order valence-electron chi connectivity index (χ0n) is 11.2. The van der Waals surface area contributed by atoms with Gasteiger partial charge in [-0.1, -0.05) is 18.5 Å². The van der Waals surface area contributed by atoms with E-state index in [0.29, 0.717) is 5.02 Å². The van der Waals surface area contributed by atoms with E-state index in [1.165, 1.54) is 4.88 Å². The third kappa shape index (κ3) is 3.05. The lowest BCUT2D eigenvalue weighted by atomic mass is 10.1. The Morgan fingerprint density at radius 3 is 2.79 bits per heavy atom. The number of hydrogen-bond donors (Lipinski definition) is 1. The Balaban J connectivity index is 2.51. The first-order chi connectivity index (χ1) is 9.06. The van der Waals surface area contributed by atoms with Gasteiger partial charge in [-0.25, -0.2) is 0 Å². The van der Waals surface area contributed by atoms with Crippen LogP contribution in [0.5, 0.6) is 0 Å². The molecule has 0 bridgehead atoms. The van der Waals surface area contributed by atoms with E-state index in [4.69, 9.17) is 11.6 Å². The van der Waals surface area contributed by atoms with E-state index in [0.717, 1.165) is 16.7 Å². The van der Waals surface area contributed by atoms with Gasteiger partial charge >= 0.3 is 0 Å². The van der Waals surface area contributed by atoms with Crippen molar-refractivity contribution in [3.05, 3.63) is 37.7 Å². The van der Waals surface area contributed by atoms with Crippen molar-refractivity contribution in [3.63, 3.8) is 0 Å². The minimum absolute atomic E-state index is 0.0665. The SMILES string of the molecule is CCNC(c1sccc1Br)c1c(Cl)cnn1C(C)C. The Morgan fingerprint density at radius 2 is 2.26 bits per heavy atom. The molecule has 2 aromatic rings. The van der Waals surface area contributed by atoms with Crippen molar-refractivity contribution < 1.29 is 0 Å². The fourth-order valence-electron chi connectivity index (χ4n) is 2.06. The van der Waals surface area contributed by atoms with Gasteiger partial charge in [-0.05, 0) is 47.8 Å². The molecule has 1 atom stereocenters. The largest absolute Gasteiger partial charge is 0.305 e. The highest BCUT2D eigenvalue weighted by molar-refractivity contribution is 9.10. The number of hydrogen-bond acceptors (Lipinski definition) is 3. The van der Waals surface area contributed by atoms with Crippen LogP contribution < -0.4 is 5.32 Å². The molecule has 0 aliphatic rings. The van der Waals surface area contributed by atoms with Gasteiger partial charge in [-0.2, -0.15) is 5.10 Å². The molecule has 0 spiro atoms. The molecule has 2 rings (SSSR count). The summed E-state index contributed by atoms with van der Waals surface area (Å²) in [6, 6.07) is 2.41. The Bertz CT molecular complexity index is 550. The first-order valence-electron chi connectivity index (χ1n) is 6.25. The minimum Gasteiger partial charge on any atom is -0.305 e. The first kappa shape index (κ1) is 15.0. The summed E-state index contributed by atoms with van der Waals surface area (Å²) in [6.45, 7) is 7.19. The topological polar surface area (TPSA) is 29.9 Å². The van der Waals surface area contributed by atoms with Crippen LogP contribution in [0.3, 0.4) is 0 Å². The number of rotatable bonds is 5. The summed E-state index contributed by atoms with van der Waals surface area (Å²) in [7, 11) is 0. The molecule has 0 radical (unpaired) electrons. The predicted octanol–water partition coefficient (Wildman–Crippen LogP) is 4.64. The zero-order valence-corrected chi connectivity index (χ0v) is 14.3. The van der Waals surface area contributed by atoms with Gasteiger partial charge in [0.1, 0.15) is 0 Å². The maximum absolute atomic E-state index is 6.35. The fourth-order valence-corrected chi connectivity index (χ4v) is 3.98. The molecule has 1 unspecified atom stereocenters. The normalized spacial score (nSPS) is 13.2. The summed E-state index contributed by atoms with van der Waals surface area (Å²) in [6.07, 6.45) is 1.72. The summed E-state index contributed by atoms with van der Waals surface area (Å²) >= 11 is 11.7. The van der Waals surface area contributed by atoms with Crippen LogP contribution in [-0.2, 0) is 0 Å². The summed E-state index contributed by atoms with van der Waals surface area (Å²) in [4.78, 5) is 1.23. The smallest absolute Gasteiger partial charge is 0.0868 e. The molecule has 104 valence electrons. The van der Waals surface area contributed by atoms with Crippen molar-refractivity contribution in [1.82, 2.24) is 15.1 Å². The van der Waals surface area contributed by atoms with Gasteiger partial charge in [-0.15, -0.1) is 11.3 Å². The molecule has 0 aliphatic carbocycles. The molecular weight excluding hydrogens is 346 g/mol. The summed E-state index contributed by atoms with van der Waals surface area (Å²) < 4.78 is 3.10. The Labute approximate surface area is 131 Å². The molecule has 2 aromatic heterocycles. The van der Waals surface area contributed by atoms with Gasteiger partial charge in [0.05, 0.1) is 23.0 Å². The van der Waals surface area contributed by atoms with Crippen LogP contribution in [0.15, 0.2) is 22.1 Å². The van der Waals surface area contributed by atoms with Gasteiger partial charge in [0.25, 0.3) is 0 Å². The molecule has 0 saturated carbocycles. The fraction of sp³-hybridized carbons (Fsp3) is 0.462. The van der Waals surface area contributed by atoms with Gasteiger partial charge in [0, 0.05) is 15.4 Å². The maximum atomic E-state index is 6.35. The van der Waals surface area contributed by atoms with Gasteiger partial charge in [-0.3, -0.25) is 4.68 Å². The molecule has 1 N–H and O–H groups in total. The van der Waals surface area contributed by atoms with Crippen molar-refractivity contribution in [3.8, 4) is 0 Å². The maximum Gasteiger partial charge on any atom is 0.0868 e. The highest BCUT2D eigenvalue weighted by atomic mass is 79.9. The molecule has 2 heterocycles. The van der Waals surface area contributed by atoms with E-state index in [9.17, 15) is 0 Å². The molecule has 0 fully saturated rings. The van der Waals surface area contributed by atoms with Crippen molar-refractivity contribution in [2.24, 2.45) is 0 Å². The lowest BCUT2D eigenvalue weighted by molar-refractivity contribution is 0.478. The van der Waals surface area contributed by atoms with Crippen LogP contribution in [-0.4, -0.2) is 16.3 Å². The van der Waals surface area contributed by atoms with Crippen LogP contribution in [0.4, 0.5) is 0 Å². The van der Waals surface area contributed by atoms with Crippen LogP contribution in [0.2, 0.25) is 5.02 Å². The van der Waals surface area contributed by atoms with Crippen molar-refractivity contribution in [2.75, 3.05) is 6.54 Å². The van der Waals surface area contributed by atoms with Gasteiger partial charge < -0.3 is 5.32 Å². The van der Waals surface area contributed by atoms with E-state index in [1.54, 1.807) is 17.5 Å². The zero-order chi connectivity index (χ0) is 14.0. The van der Waals surface area contributed by atoms with Crippen LogP contribution in [0.1, 0.15) is 43.4 Å². The molecule has 19 heavy (non-hydrogen) atoms. The molecule has 0 aliphatic heterocycles. The lowest BCUT2D eigenvalue weighted by Gasteiger charge is -2.21. The minimum atomic E-state index is 0.0665.